The summed E-state index contributed by atoms with van der Waals surface area (Å²) in [6.45, 7) is 2.17. The SMILES string of the molecule is CC(N)(CCc1ccccc1)CCc1ccccc1. The van der Waals surface area contributed by atoms with Crippen molar-refractivity contribution in [3.63, 3.8) is 0 Å². The van der Waals surface area contributed by atoms with Crippen molar-refractivity contribution in [1.82, 2.24) is 0 Å². The predicted octanol–water partition coefficient (Wildman–Crippen LogP) is 3.97. The first kappa shape index (κ1) is 13.8. The van der Waals surface area contributed by atoms with Crippen LogP contribution in [0, 0.1) is 0 Å². The Morgan fingerprint density at radius 1 is 0.737 bits per heavy atom. The van der Waals surface area contributed by atoms with Gasteiger partial charge in [-0.05, 0) is 43.7 Å². The van der Waals surface area contributed by atoms with Crippen molar-refractivity contribution in [1.29, 1.82) is 0 Å². The lowest BCUT2D eigenvalue weighted by atomic mass is 9.88. The molecule has 2 aromatic carbocycles. The number of rotatable bonds is 6. The first-order valence-corrected chi connectivity index (χ1v) is 7.02. The predicted molar refractivity (Wildman–Crippen MR) is 82.1 cm³/mol. The Kier molecular flexibility index (Phi) is 4.75. The molecule has 1 heteroatoms. The molecule has 0 amide bonds. The van der Waals surface area contributed by atoms with E-state index in [-0.39, 0.29) is 5.54 Å². The van der Waals surface area contributed by atoms with Crippen molar-refractivity contribution in [3.8, 4) is 0 Å². The van der Waals surface area contributed by atoms with Crippen LogP contribution in [0.3, 0.4) is 0 Å². The van der Waals surface area contributed by atoms with Crippen LogP contribution in [0.2, 0.25) is 0 Å². The number of benzene rings is 2. The minimum Gasteiger partial charge on any atom is -0.325 e. The van der Waals surface area contributed by atoms with Crippen molar-refractivity contribution in [2.45, 2.75) is 38.1 Å². The Labute approximate surface area is 116 Å². The molecular formula is C18H23N. The van der Waals surface area contributed by atoms with Crippen LogP contribution in [0.15, 0.2) is 60.7 Å². The smallest absolute Gasteiger partial charge is 0.0132 e. The Morgan fingerprint density at radius 2 is 1.11 bits per heavy atom. The quantitative estimate of drug-likeness (QED) is 0.828. The normalized spacial score (nSPS) is 11.5. The maximum atomic E-state index is 6.41. The van der Waals surface area contributed by atoms with Gasteiger partial charge in [0.15, 0.2) is 0 Å². The van der Waals surface area contributed by atoms with Gasteiger partial charge in [0.05, 0.1) is 0 Å². The van der Waals surface area contributed by atoms with E-state index in [1.165, 1.54) is 11.1 Å². The van der Waals surface area contributed by atoms with Crippen molar-refractivity contribution in [2.24, 2.45) is 5.73 Å². The monoisotopic (exact) mass is 253 g/mol. The maximum absolute atomic E-state index is 6.41. The Hall–Kier alpha value is -1.60. The topological polar surface area (TPSA) is 26.0 Å². The molecule has 0 heterocycles. The molecule has 2 aromatic rings. The molecule has 0 saturated heterocycles. The molecule has 1 nitrogen and oxygen atoms in total. The lowest BCUT2D eigenvalue weighted by Crippen LogP contribution is -2.37. The third-order valence-electron chi connectivity index (χ3n) is 3.66. The third-order valence-corrected chi connectivity index (χ3v) is 3.66. The summed E-state index contributed by atoms with van der Waals surface area (Å²) in [5.74, 6) is 0. The second kappa shape index (κ2) is 6.53. The number of hydrogen-bond donors (Lipinski definition) is 1. The average Bonchev–Trinajstić information content (AvgIpc) is 2.46. The molecule has 0 bridgehead atoms. The zero-order valence-corrected chi connectivity index (χ0v) is 11.7. The summed E-state index contributed by atoms with van der Waals surface area (Å²) in [7, 11) is 0. The van der Waals surface area contributed by atoms with Crippen LogP contribution < -0.4 is 5.73 Å². The molecule has 0 atom stereocenters. The highest BCUT2D eigenvalue weighted by atomic mass is 14.7. The zero-order valence-electron chi connectivity index (χ0n) is 11.7. The van der Waals surface area contributed by atoms with Crippen LogP contribution in [-0.4, -0.2) is 5.54 Å². The van der Waals surface area contributed by atoms with Gasteiger partial charge in [0.1, 0.15) is 0 Å². The Bertz CT molecular complexity index is 428. The van der Waals surface area contributed by atoms with E-state index < -0.39 is 0 Å². The number of aryl methyl sites for hydroxylation is 2. The summed E-state index contributed by atoms with van der Waals surface area (Å²) < 4.78 is 0. The lowest BCUT2D eigenvalue weighted by molar-refractivity contribution is 0.401. The molecule has 0 aliphatic heterocycles. The molecule has 0 aromatic heterocycles. The minimum atomic E-state index is -0.0916. The molecular weight excluding hydrogens is 230 g/mol. The molecule has 2 N–H and O–H groups in total. The third kappa shape index (κ3) is 4.88. The highest BCUT2D eigenvalue weighted by molar-refractivity contribution is 5.16. The van der Waals surface area contributed by atoms with Gasteiger partial charge >= 0.3 is 0 Å². The summed E-state index contributed by atoms with van der Waals surface area (Å²) in [6, 6.07) is 21.2. The van der Waals surface area contributed by atoms with E-state index in [1.54, 1.807) is 0 Å². The number of hydrogen-bond acceptors (Lipinski definition) is 1. The molecule has 0 spiro atoms. The Balaban J connectivity index is 1.82. The molecule has 0 aliphatic carbocycles. The van der Waals surface area contributed by atoms with Crippen molar-refractivity contribution < 1.29 is 0 Å². The fourth-order valence-corrected chi connectivity index (χ4v) is 2.27. The van der Waals surface area contributed by atoms with Gasteiger partial charge in [-0.15, -0.1) is 0 Å². The summed E-state index contributed by atoms with van der Waals surface area (Å²) in [6.07, 6.45) is 4.18. The summed E-state index contributed by atoms with van der Waals surface area (Å²) >= 11 is 0. The first-order chi connectivity index (χ1) is 9.16. The van der Waals surface area contributed by atoms with E-state index in [9.17, 15) is 0 Å². The first-order valence-electron chi connectivity index (χ1n) is 7.02. The van der Waals surface area contributed by atoms with E-state index in [0.29, 0.717) is 0 Å². The molecule has 0 radical (unpaired) electrons. The highest BCUT2D eigenvalue weighted by Crippen LogP contribution is 2.18. The zero-order chi connectivity index (χ0) is 13.6. The van der Waals surface area contributed by atoms with Crippen molar-refractivity contribution in [3.05, 3.63) is 71.8 Å². The lowest BCUT2D eigenvalue weighted by Gasteiger charge is -2.24. The van der Waals surface area contributed by atoms with E-state index in [0.717, 1.165) is 25.7 Å². The van der Waals surface area contributed by atoms with Gasteiger partial charge in [0.2, 0.25) is 0 Å². The van der Waals surface area contributed by atoms with Crippen LogP contribution in [0.25, 0.3) is 0 Å². The standard InChI is InChI=1S/C18H23N/c1-18(19,14-12-16-8-4-2-5-9-16)15-13-17-10-6-3-7-11-17/h2-11H,12-15,19H2,1H3. The van der Waals surface area contributed by atoms with Gasteiger partial charge in [0.25, 0.3) is 0 Å². The molecule has 0 aliphatic rings. The molecule has 0 unspecified atom stereocenters. The van der Waals surface area contributed by atoms with E-state index >= 15 is 0 Å². The summed E-state index contributed by atoms with van der Waals surface area (Å²) in [5.41, 5.74) is 9.07. The fraction of sp³-hybridized carbons (Fsp3) is 0.333. The van der Waals surface area contributed by atoms with Crippen molar-refractivity contribution in [2.75, 3.05) is 0 Å². The van der Waals surface area contributed by atoms with E-state index in [1.807, 2.05) is 0 Å². The van der Waals surface area contributed by atoms with Crippen LogP contribution in [0.4, 0.5) is 0 Å². The van der Waals surface area contributed by atoms with Gasteiger partial charge in [-0.25, -0.2) is 0 Å². The summed E-state index contributed by atoms with van der Waals surface area (Å²) in [5, 5.41) is 0. The van der Waals surface area contributed by atoms with Crippen molar-refractivity contribution >= 4 is 0 Å². The largest absolute Gasteiger partial charge is 0.325 e. The van der Waals surface area contributed by atoms with Gasteiger partial charge < -0.3 is 5.73 Å². The second-order valence-electron chi connectivity index (χ2n) is 5.63. The van der Waals surface area contributed by atoms with Gasteiger partial charge in [-0.2, -0.15) is 0 Å². The van der Waals surface area contributed by atoms with Gasteiger partial charge in [-0.3, -0.25) is 0 Å². The van der Waals surface area contributed by atoms with Gasteiger partial charge in [0, 0.05) is 5.54 Å². The Morgan fingerprint density at radius 3 is 1.47 bits per heavy atom. The van der Waals surface area contributed by atoms with Crippen LogP contribution in [-0.2, 0) is 12.8 Å². The molecule has 100 valence electrons. The highest BCUT2D eigenvalue weighted by Gasteiger charge is 2.17. The maximum Gasteiger partial charge on any atom is 0.0132 e. The van der Waals surface area contributed by atoms with Gasteiger partial charge in [-0.1, -0.05) is 60.7 Å². The molecule has 2 rings (SSSR count). The van der Waals surface area contributed by atoms with Crippen LogP contribution >= 0.6 is 0 Å². The summed E-state index contributed by atoms with van der Waals surface area (Å²) in [4.78, 5) is 0. The van der Waals surface area contributed by atoms with Crippen LogP contribution in [0.1, 0.15) is 30.9 Å². The second-order valence-corrected chi connectivity index (χ2v) is 5.63. The van der Waals surface area contributed by atoms with E-state index in [2.05, 4.69) is 67.6 Å². The molecule has 0 saturated carbocycles. The average molecular weight is 253 g/mol. The number of nitrogens with two attached hydrogens (primary N) is 1. The fourth-order valence-electron chi connectivity index (χ4n) is 2.27. The van der Waals surface area contributed by atoms with Crippen LogP contribution in [0.5, 0.6) is 0 Å². The minimum absolute atomic E-state index is 0.0916. The molecule has 0 fully saturated rings. The van der Waals surface area contributed by atoms with E-state index in [4.69, 9.17) is 5.73 Å². The molecule has 19 heavy (non-hydrogen) atoms.